The fourth-order valence-electron chi connectivity index (χ4n) is 1.48. The molecule has 6 nitrogen and oxygen atoms in total. The number of hydrogen-bond acceptors (Lipinski definition) is 5. The minimum Gasteiger partial charge on any atom is -0.462 e. The Morgan fingerprint density at radius 2 is 2.10 bits per heavy atom. The zero-order chi connectivity index (χ0) is 14.5. The topological polar surface area (TPSA) is 84.1 Å². The normalized spacial score (nSPS) is 10.1. The van der Waals surface area contributed by atoms with Crippen LogP contribution in [0.2, 0.25) is 0 Å². The summed E-state index contributed by atoms with van der Waals surface area (Å²) in [5.41, 5.74) is 0.103. The first-order valence-corrected chi connectivity index (χ1v) is 6.68. The van der Waals surface area contributed by atoms with Crippen molar-refractivity contribution in [1.29, 1.82) is 0 Å². The summed E-state index contributed by atoms with van der Waals surface area (Å²) >= 11 is 3.33. The number of esters is 1. The van der Waals surface area contributed by atoms with Gasteiger partial charge in [0.1, 0.15) is 5.56 Å². The van der Waals surface area contributed by atoms with Crippen LogP contribution in [0.5, 0.6) is 0 Å². The highest BCUT2D eigenvalue weighted by Crippen LogP contribution is 2.16. The predicted molar refractivity (Wildman–Crippen MR) is 78.2 cm³/mol. The van der Waals surface area contributed by atoms with Crippen LogP contribution in [0, 0.1) is 0 Å². The maximum absolute atomic E-state index is 11.8. The lowest BCUT2D eigenvalue weighted by Gasteiger charge is -2.06. The van der Waals surface area contributed by atoms with Gasteiger partial charge in [0.2, 0.25) is 5.95 Å². The molecule has 7 heteroatoms. The molecular weight excluding hydrogens is 326 g/mol. The molecule has 1 aromatic carbocycles. The van der Waals surface area contributed by atoms with Gasteiger partial charge < -0.3 is 10.1 Å². The number of halogens is 1. The minimum atomic E-state index is -0.684. The van der Waals surface area contributed by atoms with E-state index in [-0.39, 0.29) is 18.1 Å². The average molecular weight is 338 g/mol. The predicted octanol–water partition coefficient (Wildman–Crippen LogP) is 2.45. The Hall–Kier alpha value is -2.15. The van der Waals surface area contributed by atoms with Gasteiger partial charge in [0.25, 0.3) is 5.56 Å². The van der Waals surface area contributed by atoms with Crippen LogP contribution in [0.15, 0.2) is 39.7 Å². The van der Waals surface area contributed by atoms with Gasteiger partial charge in [0, 0.05) is 10.2 Å². The number of carbonyl (C=O) groups excluding carboxylic acids is 1. The fraction of sp³-hybridized carbons (Fsp3) is 0.154. The molecule has 2 aromatic rings. The molecule has 0 aliphatic rings. The van der Waals surface area contributed by atoms with Gasteiger partial charge in [-0.2, -0.15) is 0 Å². The van der Waals surface area contributed by atoms with E-state index in [0.29, 0.717) is 0 Å². The minimum absolute atomic E-state index is 0.117. The maximum Gasteiger partial charge on any atom is 0.345 e. The number of nitrogens with one attached hydrogen (secondary N) is 2. The molecule has 0 aliphatic carbocycles. The average Bonchev–Trinajstić information content (AvgIpc) is 2.42. The van der Waals surface area contributed by atoms with Gasteiger partial charge in [0.05, 0.1) is 12.8 Å². The van der Waals surface area contributed by atoms with Crippen molar-refractivity contribution in [2.75, 3.05) is 11.9 Å². The number of H-pyrrole nitrogens is 1. The van der Waals surface area contributed by atoms with Crippen molar-refractivity contribution in [2.24, 2.45) is 0 Å². The van der Waals surface area contributed by atoms with E-state index in [2.05, 4.69) is 31.2 Å². The van der Waals surface area contributed by atoms with Crippen LogP contribution < -0.4 is 10.9 Å². The number of nitrogens with zero attached hydrogens (tertiary/aromatic N) is 1. The standard InChI is InChI=1S/C13H12BrN3O3/c1-2-20-12(19)10-7-15-13(17-11(10)18)16-9-5-3-8(14)4-6-9/h3-7H,2H2,1H3,(H2,15,16,17,18). The molecule has 0 radical (unpaired) electrons. The van der Waals surface area contributed by atoms with E-state index in [9.17, 15) is 9.59 Å². The molecule has 0 saturated carbocycles. The summed E-state index contributed by atoms with van der Waals surface area (Å²) in [5, 5.41) is 2.93. The van der Waals surface area contributed by atoms with Crippen molar-refractivity contribution in [1.82, 2.24) is 9.97 Å². The molecule has 0 saturated heterocycles. The van der Waals surface area contributed by atoms with Crippen molar-refractivity contribution in [2.45, 2.75) is 6.92 Å². The summed E-state index contributed by atoms with van der Waals surface area (Å²) in [7, 11) is 0. The number of hydrogen-bond donors (Lipinski definition) is 2. The first-order valence-electron chi connectivity index (χ1n) is 5.89. The van der Waals surface area contributed by atoms with Crippen LogP contribution in [-0.4, -0.2) is 22.5 Å². The molecule has 0 bridgehead atoms. The van der Waals surface area contributed by atoms with Gasteiger partial charge in [-0.05, 0) is 31.2 Å². The summed E-state index contributed by atoms with van der Waals surface area (Å²) < 4.78 is 5.70. The molecule has 0 unspecified atom stereocenters. The molecular formula is C13H12BrN3O3. The summed E-state index contributed by atoms with van der Waals surface area (Å²) in [6.45, 7) is 1.88. The van der Waals surface area contributed by atoms with Crippen LogP contribution in [0.25, 0.3) is 0 Å². The van der Waals surface area contributed by atoms with Crippen molar-refractivity contribution in [3.8, 4) is 0 Å². The Morgan fingerprint density at radius 1 is 1.40 bits per heavy atom. The van der Waals surface area contributed by atoms with Gasteiger partial charge in [-0.15, -0.1) is 0 Å². The van der Waals surface area contributed by atoms with Crippen LogP contribution in [0.1, 0.15) is 17.3 Å². The lowest BCUT2D eigenvalue weighted by Crippen LogP contribution is -2.21. The second-order valence-electron chi connectivity index (χ2n) is 3.83. The number of rotatable bonds is 4. The van der Waals surface area contributed by atoms with Crippen LogP contribution >= 0.6 is 15.9 Å². The maximum atomic E-state index is 11.8. The van der Waals surface area contributed by atoms with Crippen molar-refractivity contribution < 1.29 is 9.53 Å². The fourth-order valence-corrected chi connectivity index (χ4v) is 1.75. The van der Waals surface area contributed by atoms with E-state index in [1.165, 1.54) is 6.20 Å². The first kappa shape index (κ1) is 14.3. The van der Waals surface area contributed by atoms with Crippen LogP contribution in [0.4, 0.5) is 11.6 Å². The van der Waals surface area contributed by atoms with E-state index < -0.39 is 11.5 Å². The largest absolute Gasteiger partial charge is 0.462 e. The molecule has 104 valence electrons. The molecule has 2 N–H and O–H groups in total. The van der Waals surface area contributed by atoms with E-state index in [0.717, 1.165) is 10.2 Å². The number of anilines is 2. The second kappa shape index (κ2) is 6.33. The SMILES string of the molecule is CCOC(=O)c1cnc(Nc2ccc(Br)cc2)[nH]c1=O. The second-order valence-corrected chi connectivity index (χ2v) is 4.74. The van der Waals surface area contributed by atoms with E-state index in [4.69, 9.17) is 4.74 Å². The molecule has 2 rings (SSSR count). The van der Waals surface area contributed by atoms with Gasteiger partial charge in [0.15, 0.2) is 0 Å². The summed E-state index contributed by atoms with van der Waals surface area (Å²) in [4.78, 5) is 29.7. The molecule has 20 heavy (non-hydrogen) atoms. The molecule has 1 heterocycles. The summed E-state index contributed by atoms with van der Waals surface area (Å²) in [6, 6.07) is 7.35. The number of carbonyl (C=O) groups is 1. The van der Waals surface area contributed by atoms with Gasteiger partial charge in [-0.25, -0.2) is 9.78 Å². The van der Waals surface area contributed by atoms with Gasteiger partial charge in [-0.1, -0.05) is 15.9 Å². The van der Waals surface area contributed by atoms with Crippen molar-refractivity contribution >= 4 is 33.5 Å². The van der Waals surface area contributed by atoms with Crippen molar-refractivity contribution in [3.63, 3.8) is 0 Å². The van der Waals surface area contributed by atoms with E-state index in [1.807, 2.05) is 24.3 Å². The van der Waals surface area contributed by atoms with E-state index in [1.54, 1.807) is 6.92 Å². The van der Waals surface area contributed by atoms with Gasteiger partial charge >= 0.3 is 5.97 Å². The zero-order valence-corrected chi connectivity index (χ0v) is 12.2. The first-order chi connectivity index (χ1) is 9.60. The lowest BCUT2D eigenvalue weighted by atomic mass is 10.3. The lowest BCUT2D eigenvalue weighted by molar-refractivity contribution is 0.0524. The summed E-state index contributed by atoms with van der Waals surface area (Å²) in [6.07, 6.45) is 1.19. The smallest absolute Gasteiger partial charge is 0.345 e. The molecule has 0 atom stereocenters. The Kier molecular flexibility index (Phi) is 4.52. The quantitative estimate of drug-likeness (QED) is 0.837. The van der Waals surface area contributed by atoms with Crippen molar-refractivity contribution in [3.05, 3.63) is 50.9 Å². The molecule has 0 amide bonds. The number of aromatic nitrogens is 2. The highest BCUT2D eigenvalue weighted by atomic mass is 79.9. The Morgan fingerprint density at radius 3 is 2.70 bits per heavy atom. The van der Waals surface area contributed by atoms with Crippen LogP contribution in [-0.2, 0) is 4.74 Å². The molecule has 1 aromatic heterocycles. The highest BCUT2D eigenvalue weighted by molar-refractivity contribution is 9.10. The molecule has 0 fully saturated rings. The third kappa shape index (κ3) is 3.45. The summed E-state index contributed by atoms with van der Waals surface area (Å²) in [5.74, 6) is -0.429. The third-order valence-electron chi connectivity index (χ3n) is 2.40. The Bertz CT molecular complexity index is 667. The van der Waals surface area contributed by atoms with E-state index >= 15 is 0 Å². The zero-order valence-electron chi connectivity index (χ0n) is 10.6. The van der Waals surface area contributed by atoms with Crippen LogP contribution in [0.3, 0.4) is 0 Å². The third-order valence-corrected chi connectivity index (χ3v) is 2.93. The highest BCUT2D eigenvalue weighted by Gasteiger charge is 2.12. The monoisotopic (exact) mass is 337 g/mol. The molecule has 0 aliphatic heterocycles. The molecule has 0 spiro atoms. The number of aromatic amines is 1. The number of benzene rings is 1. The Labute approximate surface area is 123 Å². The Balaban J connectivity index is 2.19. The van der Waals surface area contributed by atoms with Gasteiger partial charge in [-0.3, -0.25) is 9.78 Å². The number of ether oxygens (including phenoxy) is 1.